The third kappa shape index (κ3) is 4.30. The number of hydrogen-bond donors (Lipinski definition) is 0. The predicted molar refractivity (Wildman–Crippen MR) is 113 cm³/mol. The molecule has 0 aliphatic carbocycles. The van der Waals surface area contributed by atoms with Gasteiger partial charge in [-0.15, -0.1) is 0 Å². The Morgan fingerprint density at radius 1 is 0.964 bits per heavy atom. The molecule has 1 heterocycles. The zero-order chi connectivity index (χ0) is 20.1. The Labute approximate surface area is 167 Å². The van der Waals surface area contributed by atoms with E-state index < -0.39 is 0 Å². The largest absolute Gasteiger partial charge is 0.497 e. The fourth-order valence-electron chi connectivity index (χ4n) is 3.63. The van der Waals surface area contributed by atoms with E-state index in [1.807, 2.05) is 55.2 Å². The van der Waals surface area contributed by atoms with Crippen LogP contribution in [0, 0.1) is 13.8 Å². The van der Waals surface area contributed by atoms with Crippen molar-refractivity contribution in [3.8, 4) is 11.5 Å². The Morgan fingerprint density at radius 2 is 1.61 bits per heavy atom. The van der Waals surface area contributed by atoms with Crippen LogP contribution >= 0.6 is 0 Å². The van der Waals surface area contributed by atoms with Crippen molar-refractivity contribution in [2.45, 2.75) is 13.8 Å². The third-order valence-corrected chi connectivity index (χ3v) is 5.21. The van der Waals surface area contributed by atoms with Crippen molar-refractivity contribution in [3.05, 3.63) is 59.2 Å². The number of hydrogen-bond acceptors (Lipinski definition) is 4. The minimum absolute atomic E-state index is 0.0503. The molecule has 0 bridgehead atoms. The van der Waals surface area contributed by atoms with Gasteiger partial charge in [-0.05, 0) is 60.9 Å². The van der Waals surface area contributed by atoms with Crippen LogP contribution in [0.3, 0.4) is 0 Å². The molecule has 0 unspecified atom stereocenters. The summed E-state index contributed by atoms with van der Waals surface area (Å²) >= 11 is 0. The lowest BCUT2D eigenvalue weighted by Gasteiger charge is -2.36. The molecule has 5 heteroatoms. The van der Waals surface area contributed by atoms with Crippen LogP contribution in [0.1, 0.15) is 16.7 Å². The molecule has 5 nitrogen and oxygen atoms in total. The van der Waals surface area contributed by atoms with Crippen molar-refractivity contribution in [2.24, 2.45) is 0 Å². The molecule has 28 heavy (non-hydrogen) atoms. The van der Waals surface area contributed by atoms with Gasteiger partial charge in [0.1, 0.15) is 11.5 Å². The molecule has 3 rings (SSSR count). The average Bonchev–Trinajstić information content (AvgIpc) is 2.72. The zero-order valence-electron chi connectivity index (χ0n) is 17.1. The SMILES string of the molecule is COc1cc(C)c(/C=C/C(=O)N2CCN(c3ccccc3OC)CC2)c(C)c1. The van der Waals surface area contributed by atoms with Gasteiger partial charge in [0.05, 0.1) is 19.9 Å². The number of carbonyl (C=O) groups is 1. The first-order chi connectivity index (χ1) is 13.5. The van der Waals surface area contributed by atoms with Gasteiger partial charge in [0.2, 0.25) is 5.91 Å². The molecule has 1 fully saturated rings. The van der Waals surface area contributed by atoms with Gasteiger partial charge in [-0.2, -0.15) is 0 Å². The second-order valence-corrected chi connectivity index (χ2v) is 6.99. The lowest BCUT2D eigenvalue weighted by Crippen LogP contribution is -2.48. The first kappa shape index (κ1) is 19.8. The minimum atomic E-state index is 0.0503. The molecule has 2 aromatic carbocycles. The Morgan fingerprint density at radius 3 is 2.21 bits per heavy atom. The maximum Gasteiger partial charge on any atom is 0.246 e. The standard InChI is InChI=1S/C23H28N2O3/c1-17-15-19(27-3)16-18(2)20(17)9-10-23(26)25-13-11-24(12-14-25)21-7-5-6-8-22(21)28-4/h5-10,15-16H,11-14H2,1-4H3/b10-9+. The summed E-state index contributed by atoms with van der Waals surface area (Å²) in [5.74, 6) is 1.76. The van der Waals surface area contributed by atoms with Gasteiger partial charge >= 0.3 is 0 Å². The van der Waals surface area contributed by atoms with Crippen LogP contribution < -0.4 is 14.4 Å². The van der Waals surface area contributed by atoms with Gasteiger partial charge in [0, 0.05) is 32.3 Å². The molecule has 0 saturated carbocycles. The molecular formula is C23H28N2O3. The van der Waals surface area contributed by atoms with E-state index >= 15 is 0 Å². The number of ether oxygens (including phenoxy) is 2. The maximum absolute atomic E-state index is 12.7. The van der Waals surface area contributed by atoms with Crippen LogP contribution in [0.15, 0.2) is 42.5 Å². The topological polar surface area (TPSA) is 42.0 Å². The molecule has 1 amide bonds. The predicted octanol–water partition coefficient (Wildman–Crippen LogP) is 3.68. The highest BCUT2D eigenvalue weighted by Gasteiger charge is 2.21. The molecule has 148 valence electrons. The number of carbonyl (C=O) groups excluding carboxylic acids is 1. The number of anilines is 1. The van der Waals surface area contributed by atoms with Gasteiger partial charge in [-0.25, -0.2) is 0 Å². The van der Waals surface area contributed by atoms with Crippen molar-refractivity contribution in [1.82, 2.24) is 4.90 Å². The van der Waals surface area contributed by atoms with E-state index in [0.717, 1.165) is 47.0 Å². The van der Waals surface area contributed by atoms with E-state index in [9.17, 15) is 4.79 Å². The van der Waals surface area contributed by atoms with E-state index in [1.165, 1.54) is 0 Å². The monoisotopic (exact) mass is 380 g/mol. The summed E-state index contributed by atoms with van der Waals surface area (Å²) in [6, 6.07) is 12.0. The summed E-state index contributed by atoms with van der Waals surface area (Å²) in [6.45, 7) is 7.04. The van der Waals surface area contributed by atoms with Crippen molar-refractivity contribution in [1.29, 1.82) is 0 Å². The quantitative estimate of drug-likeness (QED) is 0.742. The highest BCUT2D eigenvalue weighted by atomic mass is 16.5. The highest BCUT2D eigenvalue weighted by Crippen LogP contribution is 2.28. The molecule has 0 spiro atoms. The fourth-order valence-corrected chi connectivity index (χ4v) is 3.63. The Bertz CT molecular complexity index is 845. The van der Waals surface area contributed by atoms with Crippen LogP contribution in [0.4, 0.5) is 5.69 Å². The zero-order valence-corrected chi connectivity index (χ0v) is 17.1. The summed E-state index contributed by atoms with van der Waals surface area (Å²) in [5.41, 5.74) is 4.35. The highest BCUT2D eigenvalue weighted by molar-refractivity contribution is 5.92. The molecule has 0 N–H and O–H groups in total. The molecule has 2 aromatic rings. The molecular weight excluding hydrogens is 352 g/mol. The summed E-state index contributed by atoms with van der Waals surface area (Å²) in [4.78, 5) is 16.8. The number of nitrogens with zero attached hydrogens (tertiary/aromatic N) is 2. The van der Waals surface area contributed by atoms with Gasteiger partial charge in [-0.1, -0.05) is 12.1 Å². The number of piperazine rings is 1. The fraction of sp³-hybridized carbons (Fsp3) is 0.348. The lowest BCUT2D eigenvalue weighted by molar-refractivity contribution is -0.126. The first-order valence-corrected chi connectivity index (χ1v) is 9.53. The third-order valence-electron chi connectivity index (χ3n) is 5.21. The summed E-state index contributed by atoms with van der Waals surface area (Å²) in [7, 11) is 3.35. The summed E-state index contributed by atoms with van der Waals surface area (Å²) < 4.78 is 10.8. The second kappa shape index (κ2) is 8.83. The summed E-state index contributed by atoms with van der Waals surface area (Å²) in [6.07, 6.45) is 3.60. The van der Waals surface area contributed by atoms with Gasteiger partial charge in [-0.3, -0.25) is 4.79 Å². The van der Waals surface area contributed by atoms with Crippen molar-refractivity contribution >= 4 is 17.7 Å². The number of methoxy groups -OCH3 is 2. The normalized spacial score (nSPS) is 14.4. The summed E-state index contributed by atoms with van der Waals surface area (Å²) in [5, 5.41) is 0. The number of aryl methyl sites for hydroxylation is 2. The number of rotatable bonds is 5. The van der Waals surface area contributed by atoms with Crippen LogP contribution in [0.5, 0.6) is 11.5 Å². The molecule has 1 saturated heterocycles. The minimum Gasteiger partial charge on any atom is -0.497 e. The number of benzene rings is 2. The van der Waals surface area contributed by atoms with Crippen molar-refractivity contribution in [3.63, 3.8) is 0 Å². The van der Waals surface area contributed by atoms with Gasteiger partial charge < -0.3 is 19.3 Å². The Kier molecular flexibility index (Phi) is 6.24. The number of para-hydroxylation sites is 2. The van der Waals surface area contributed by atoms with E-state index in [2.05, 4.69) is 11.0 Å². The average molecular weight is 380 g/mol. The van der Waals surface area contributed by atoms with Crippen LogP contribution in [0.25, 0.3) is 6.08 Å². The molecule has 0 radical (unpaired) electrons. The Hall–Kier alpha value is -2.95. The first-order valence-electron chi connectivity index (χ1n) is 9.53. The Balaban J connectivity index is 1.64. The second-order valence-electron chi connectivity index (χ2n) is 6.99. The molecule has 1 aliphatic rings. The number of amides is 1. The lowest BCUT2D eigenvalue weighted by atomic mass is 10.0. The van der Waals surface area contributed by atoms with Gasteiger partial charge in [0.15, 0.2) is 0 Å². The maximum atomic E-state index is 12.7. The molecule has 0 aromatic heterocycles. The van der Waals surface area contributed by atoms with E-state index in [-0.39, 0.29) is 5.91 Å². The van der Waals surface area contributed by atoms with Crippen LogP contribution in [-0.4, -0.2) is 51.2 Å². The van der Waals surface area contributed by atoms with Crippen LogP contribution in [0.2, 0.25) is 0 Å². The molecule has 0 atom stereocenters. The van der Waals surface area contributed by atoms with Crippen molar-refractivity contribution in [2.75, 3.05) is 45.3 Å². The smallest absolute Gasteiger partial charge is 0.246 e. The van der Waals surface area contributed by atoms with E-state index in [1.54, 1.807) is 20.3 Å². The van der Waals surface area contributed by atoms with Gasteiger partial charge in [0.25, 0.3) is 0 Å². The van der Waals surface area contributed by atoms with Crippen LogP contribution in [-0.2, 0) is 4.79 Å². The van der Waals surface area contributed by atoms with Crippen molar-refractivity contribution < 1.29 is 14.3 Å². The van der Waals surface area contributed by atoms with E-state index in [0.29, 0.717) is 13.1 Å². The van der Waals surface area contributed by atoms with E-state index in [4.69, 9.17) is 9.47 Å². The molecule has 1 aliphatic heterocycles.